The van der Waals surface area contributed by atoms with E-state index in [1.165, 1.54) is 0 Å². The molecule has 2 aromatic rings. The molecule has 0 unspecified atom stereocenters. The summed E-state index contributed by atoms with van der Waals surface area (Å²) in [5.74, 6) is -0.386. The predicted octanol–water partition coefficient (Wildman–Crippen LogP) is 3.14. The maximum absolute atomic E-state index is 11.3. The topological polar surface area (TPSA) is 43.1 Å². The molecular weight excluding hydrogens is 278 g/mol. The minimum absolute atomic E-state index is 0.386. The van der Waals surface area contributed by atoms with E-state index in [0.717, 1.165) is 15.6 Å². The van der Waals surface area contributed by atoms with Crippen molar-refractivity contribution in [3.05, 3.63) is 69.7 Å². The van der Waals surface area contributed by atoms with Gasteiger partial charge in [-0.1, -0.05) is 46.3 Å². The Morgan fingerprint density at radius 3 is 2.47 bits per heavy atom. The smallest absolute Gasteiger partial charge is 0.248 e. The van der Waals surface area contributed by atoms with E-state index in [-0.39, 0.29) is 5.91 Å². The van der Waals surface area contributed by atoms with Crippen molar-refractivity contribution in [2.75, 3.05) is 0 Å². The first kappa shape index (κ1) is 11.9. The van der Waals surface area contributed by atoms with Gasteiger partial charge in [-0.25, -0.2) is 0 Å². The number of hydrogen-bond acceptors (Lipinski definition) is 1. The van der Waals surface area contributed by atoms with Gasteiger partial charge < -0.3 is 5.73 Å². The van der Waals surface area contributed by atoms with Crippen molar-refractivity contribution in [1.29, 1.82) is 0 Å². The van der Waals surface area contributed by atoms with Crippen molar-refractivity contribution in [2.24, 2.45) is 5.73 Å². The van der Waals surface area contributed by atoms with Crippen LogP contribution >= 0.6 is 15.9 Å². The molecule has 2 rings (SSSR count). The number of carbonyl (C=O) groups is 1. The normalized spacial score (nSPS) is 10.2. The Morgan fingerprint density at radius 2 is 1.82 bits per heavy atom. The fourth-order valence-corrected chi connectivity index (χ4v) is 2.17. The van der Waals surface area contributed by atoms with Gasteiger partial charge in [-0.15, -0.1) is 0 Å². The summed E-state index contributed by atoms with van der Waals surface area (Å²) in [5.41, 5.74) is 8.05. The molecule has 0 aliphatic heterocycles. The fraction of sp³-hybridized carbons (Fsp3) is 0.0714. The summed E-state index contributed by atoms with van der Waals surface area (Å²) >= 11 is 3.41. The lowest BCUT2D eigenvalue weighted by atomic mass is 9.99. The van der Waals surface area contributed by atoms with E-state index in [1.54, 1.807) is 6.07 Å². The van der Waals surface area contributed by atoms with Crippen LogP contribution in [0.25, 0.3) is 0 Å². The summed E-state index contributed by atoms with van der Waals surface area (Å²) in [6.45, 7) is 0. The van der Waals surface area contributed by atoms with Gasteiger partial charge in [-0.3, -0.25) is 4.79 Å². The molecule has 2 N–H and O–H groups in total. The number of rotatable bonds is 3. The number of benzene rings is 2. The fourth-order valence-electron chi connectivity index (χ4n) is 1.76. The first-order valence-corrected chi connectivity index (χ1v) is 6.08. The molecule has 0 bridgehead atoms. The van der Waals surface area contributed by atoms with Crippen molar-refractivity contribution in [3.63, 3.8) is 0 Å². The third-order valence-corrected chi connectivity index (χ3v) is 3.06. The van der Waals surface area contributed by atoms with Gasteiger partial charge in [0.05, 0.1) is 0 Å². The van der Waals surface area contributed by atoms with Crippen molar-refractivity contribution in [1.82, 2.24) is 0 Å². The highest BCUT2D eigenvalue weighted by molar-refractivity contribution is 9.10. The van der Waals surface area contributed by atoms with Crippen molar-refractivity contribution >= 4 is 21.8 Å². The number of nitrogens with two attached hydrogens (primary N) is 1. The number of carbonyl (C=O) groups excluding carboxylic acids is 1. The van der Waals surface area contributed by atoms with E-state index in [9.17, 15) is 4.79 Å². The van der Waals surface area contributed by atoms with E-state index in [2.05, 4.69) is 15.9 Å². The second-order valence-corrected chi connectivity index (χ2v) is 4.74. The van der Waals surface area contributed by atoms with Crippen LogP contribution in [0, 0.1) is 0 Å². The van der Waals surface area contributed by atoms with Crippen molar-refractivity contribution in [3.8, 4) is 0 Å². The summed E-state index contributed by atoms with van der Waals surface area (Å²) in [5, 5.41) is 0. The van der Waals surface area contributed by atoms with Gasteiger partial charge in [0.2, 0.25) is 5.91 Å². The molecule has 0 atom stereocenters. The molecule has 0 heterocycles. The van der Waals surface area contributed by atoms with Gasteiger partial charge in [-0.05, 0) is 35.7 Å². The quantitative estimate of drug-likeness (QED) is 0.927. The number of primary amides is 1. The van der Waals surface area contributed by atoms with Crippen LogP contribution < -0.4 is 5.73 Å². The maximum Gasteiger partial charge on any atom is 0.248 e. The molecule has 86 valence electrons. The van der Waals surface area contributed by atoms with Gasteiger partial charge in [0.25, 0.3) is 0 Å². The van der Waals surface area contributed by atoms with Crippen LogP contribution in [0.3, 0.4) is 0 Å². The summed E-state index contributed by atoms with van der Waals surface area (Å²) in [4.78, 5) is 11.3. The monoisotopic (exact) mass is 289 g/mol. The lowest BCUT2D eigenvalue weighted by Gasteiger charge is -2.07. The second kappa shape index (κ2) is 5.15. The van der Waals surface area contributed by atoms with Crippen LogP contribution in [0.4, 0.5) is 0 Å². The molecule has 0 fully saturated rings. The van der Waals surface area contributed by atoms with Crippen LogP contribution in [0.2, 0.25) is 0 Å². The van der Waals surface area contributed by atoms with E-state index < -0.39 is 0 Å². The number of hydrogen-bond donors (Lipinski definition) is 1. The Hall–Kier alpha value is -1.61. The maximum atomic E-state index is 11.3. The Kier molecular flexibility index (Phi) is 3.59. The highest BCUT2D eigenvalue weighted by Gasteiger charge is 2.08. The third kappa shape index (κ3) is 2.94. The molecule has 1 amide bonds. The van der Waals surface area contributed by atoms with Crippen LogP contribution in [-0.4, -0.2) is 5.91 Å². The molecule has 0 saturated heterocycles. The molecule has 0 aliphatic carbocycles. The summed E-state index contributed by atoms with van der Waals surface area (Å²) < 4.78 is 0.952. The standard InChI is InChI=1S/C14H12BrNO/c15-12-6-7-13(14(16)17)11(9-12)8-10-4-2-1-3-5-10/h1-7,9H,8H2,(H2,16,17). The zero-order valence-electron chi connectivity index (χ0n) is 9.19. The molecule has 3 heteroatoms. The van der Waals surface area contributed by atoms with Crippen LogP contribution in [0.5, 0.6) is 0 Å². The van der Waals surface area contributed by atoms with Gasteiger partial charge in [0.1, 0.15) is 0 Å². The van der Waals surface area contributed by atoms with Crippen LogP contribution in [0.15, 0.2) is 53.0 Å². The highest BCUT2D eigenvalue weighted by atomic mass is 79.9. The third-order valence-electron chi connectivity index (χ3n) is 2.57. The molecule has 0 radical (unpaired) electrons. The largest absolute Gasteiger partial charge is 0.366 e. The van der Waals surface area contributed by atoms with E-state index in [4.69, 9.17) is 5.73 Å². The average Bonchev–Trinajstić information content (AvgIpc) is 2.30. The van der Waals surface area contributed by atoms with Crippen LogP contribution in [-0.2, 0) is 6.42 Å². The summed E-state index contributed by atoms with van der Waals surface area (Å²) in [7, 11) is 0. The Bertz CT molecular complexity index is 537. The minimum Gasteiger partial charge on any atom is -0.366 e. The molecule has 17 heavy (non-hydrogen) atoms. The van der Waals surface area contributed by atoms with E-state index in [1.807, 2.05) is 42.5 Å². The van der Waals surface area contributed by atoms with Crippen molar-refractivity contribution < 1.29 is 4.79 Å². The Labute approximate surface area is 109 Å². The highest BCUT2D eigenvalue weighted by Crippen LogP contribution is 2.19. The van der Waals surface area contributed by atoms with Crippen molar-refractivity contribution in [2.45, 2.75) is 6.42 Å². The first-order valence-electron chi connectivity index (χ1n) is 5.29. The minimum atomic E-state index is -0.386. The molecule has 2 aromatic carbocycles. The Morgan fingerprint density at radius 1 is 1.12 bits per heavy atom. The lowest BCUT2D eigenvalue weighted by Crippen LogP contribution is -2.13. The molecule has 2 nitrogen and oxygen atoms in total. The average molecular weight is 290 g/mol. The molecule has 0 spiro atoms. The van der Waals surface area contributed by atoms with E-state index in [0.29, 0.717) is 12.0 Å². The van der Waals surface area contributed by atoms with Gasteiger partial charge >= 0.3 is 0 Å². The lowest BCUT2D eigenvalue weighted by molar-refractivity contribution is 0.0999. The van der Waals surface area contributed by atoms with Gasteiger partial charge in [0.15, 0.2) is 0 Å². The summed E-state index contributed by atoms with van der Waals surface area (Å²) in [6.07, 6.45) is 0.707. The summed E-state index contributed by atoms with van der Waals surface area (Å²) in [6, 6.07) is 15.5. The Balaban J connectivity index is 2.37. The molecule has 0 aliphatic rings. The first-order chi connectivity index (χ1) is 8.16. The SMILES string of the molecule is NC(=O)c1ccc(Br)cc1Cc1ccccc1. The zero-order chi connectivity index (χ0) is 12.3. The number of amides is 1. The second-order valence-electron chi connectivity index (χ2n) is 3.83. The predicted molar refractivity (Wildman–Crippen MR) is 71.9 cm³/mol. The number of halogens is 1. The zero-order valence-corrected chi connectivity index (χ0v) is 10.8. The van der Waals surface area contributed by atoms with Gasteiger partial charge in [-0.2, -0.15) is 0 Å². The van der Waals surface area contributed by atoms with Crippen LogP contribution in [0.1, 0.15) is 21.5 Å². The molecular formula is C14H12BrNO. The van der Waals surface area contributed by atoms with Gasteiger partial charge in [0, 0.05) is 10.0 Å². The molecule has 0 aromatic heterocycles. The van der Waals surface area contributed by atoms with E-state index >= 15 is 0 Å². The molecule has 0 saturated carbocycles.